The lowest BCUT2D eigenvalue weighted by Gasteiger charge is -2.29. The van der Waals surface area contributed by atoms with Crippen LogP contribution in [0.25, 0.3) is 0 Å². The molecule has 0 radical (unpaired) electrons. The summed E-state index contributed by atoms with van der Waals surface area (Å²) < 4.78 is 0. The van der Waals surface area contributed by atoms with Gasteiger partial charge in [0.25, 0.3) is 5.91 Å². The first kappa shape index (κ1) is 28.3. The Kier molecular flexibility index (Phi) is 9.26. The van der Waals surface area contributed by atoms with E-state index in [0.717, 1.165) is 26.9 Å². The number of carbonyl (C=O) groups is 2. The summed E-state index contributed by atoms with van der Waals surface area (Å²) in [5.41, 5.74) is 3.14. The molecule has 5 rings (SSSR count). The second-order valence-electron chi connectivity index (χ2n) is 9.60. The molecule has 0 unspecified atom stereocenters. The average molecular weight is 573 g/mol. The maximum absolute atomic E-state index is 13.8. The number of hydrogen-bond acceptors (Lipinski definition) is 3. The fourth-order valence-electron chi connectivity index (χ4n) is 4.81. The molecule has 1 amide bonds. The zero-order chi connectivity index (χ0) is 28.5. The standard InChI is InChI=1S/C36H30NO2PS/c1-28-22-24-30(25-23-28)36(39)37-35(27-41-26-34(38)29-14-6-2-7-15-29)40(31-16-8-3-9-17-31,32-18-10-4-11-19-32)33-20-12-5-13-21-33/h2-25,27H,26H2,1H3/p+1/b35-27-. The Bertz CT molecular complexity index is 1530. The summed E-state index contributed by atoms with van der Waals surface area (Å²) in [6, 6.07) is 48.0. The van der Waals surface area contributed by atoms with Gasteiger partial charge in [0.2, 0.25) is 0 Å². The number of rotatable bonds is 10. The predicted molar refractivity (Wildman–Crippen MR) is 175 cm³/mol. The molecule has 5 aromatic carbocycles. The van der Waals surface area contributed by atoms with Crippen LogP contribution in [0.1, 0.15) is 26.3 Å². The third-order valence-corrected chi connectivity index (χ3v) is 12.0. The summed E-state index contributed by atoms with van der Waals surface area (Å²) in [6.07, 6.45) is 0. The number of benzene rings is 5. The number of Topliss-reactive ketones (excluding diaryl/α,β-unsaturated/α-hetero) is 1. The number of nitrogens with one attached hydrogen (secondary N) is 1. The van der Waals surface area contributed by atoms with E-state index in [1.54, 1.807) is 0 Å². The van der Waals surface area contributed by atoms with Crippen LogP contribution in [0.3, 0.4) is 0 Å². The highest BCUT2D eigenvalue weighted by Gasteiger charge is 2.50. The minimum Gasteiger partial charge on any atom is -0.293 e. The van der Waals surface area contributed by atoms with Crippen molar-refractivity contribution < 1.29 is 9.59 Å². The molecular formula is C36H31NO2PS+. The van der Waals surface area contributed by atoms with E-state index in [-0.39, 0.29) is 17.4 Å². The highest BCUT2D eigenvalue weighted by Crippen LogP contribution is 2.61. The van der Waals surface area contributed by atoms with Gasteiger partial charge in [0.1, 0.15) is 15.9 Å². The van der Waals surface area contributed by atoms with Crippen molar-refractivity contribution in [1.82, 2.24) is 5.32 Å². The van der Waals surface area contributed by atoms with Crippen molar-refractivity contribution in [3.8, 4) is 0 Å². The van der Waals surface area contributed by atoms with Gasteiger partial charge in [-0.3, -0.25) is 14.9 Å². The zero-order valence-corrected chi connectivity index (χ0v) is 24.5. The summed E-state index contributed by atoms with van der Waals surface area (Å²) in [7, 11) is -2.58. The van der Waals surface area contributed by atoms with Gasteiger partial charge in [-0.15, -0.1) is 11.8 Å². The van der Waals surface area contributed by atoms with Crippen molar-refractivity contribution in [2.45, 2.75) is 6.92 Å². The molecule has 0 saturated carbocycles. The van der Waals surface area contributed by atoms with Crippen LogP contribution in [-0.4, -0.2) is 17.4 Å². The molecule has 0 aliphatic heterocycles. The molecule has 0 heterocycles. The Hall–Kier alpha value is -4.24. The molecule has 3 nitrogen and oxygen atoms in total. The maximum Gasteiger partial charge on any atom is 0.258 e. The summed E-state index contributed by atoms with van der Waals surface area (Å²) in [5.74, 6) is 0.115. The van der Waals surface area contributed by atoms with Gasteiger partial charge in [-0.2, -0.15) is 0 Å². The van der Waals surface area contributed by atoms with Gasteiger partial charge >= 0.3 is 0 Å². The normalized spacial score (nSPS) is 11.6. The van der Waals surface area contributed by atoms with Crippen molar-refractivity contribution >= 4 is 46.6 Å². The van der Waals surface area contributed by atoms with E-state index in [0.29, 0.717) is 11.1 Å². The van der Waals surface area contributed by atoms with Crippen molar-refractivity contribution in [2.24, 2.45) is 0 Å². The van der Waals surface area contributed by atoms with Crippen LogP contribution in [0.2, 0.25) is 0 Å². The van der Waals surface area contributed by atoms with Gasteiger partial charge in [0, 0.05) is 16.5 Å². The van der Waals surface area contributed by atoms with Crippen molar-refractivity contribution in [3.05, 3.63) is 173 Å². The third kappa shape index (κ3) is 6.41. The first-order valence-electron chi connectivity index (χ1n) is 13.4. The van der Waals surface area contributed by atoms with Crippen LogP contribution < -0.4 is 21.2 Å². The molecule has 5 heteroatoms. The molecule has 0 aliphatic rings. The largest absolute Gasteiger partial charge is 0.293 e. The molecular weight excluding hydrogens is 541 g/mol. The van der Waals surface area contributed by atoms with Gasteiger partial charge < -0.3 is 0 Å². The Labute approximate surface area is 246 Å². The Balaban J connectivity index is 1.68. The number of carbonyl (C=O) groups excluding carboxylic acids is 2. The molecule has 0 aromatic heterocycles. The predicted octanol–water partition coefficient (Wildman–Crippen LogP) is 7.13. The second-order valence-corrected chi connectivity index (χ2v) is 13.8. The smallest absolute Gasteiger partial charge is 0.258 e. The van der Waals surface area contributed by atoms with E-state index in [1.807, 2.05) is 122 Å². The van der Waals surface area contributed by atoms with Gasteiger partial charge in [-0.25, -0.2) is 0 Å². The minimum atomic E-state index is -2.58. The Morgan fingerprint density at radius 3 is 1.51 bits per heavy atom. The van der Waals surface area contributed by atoms with E-state index in [4.69, 9.17) is 0 Å². The van der Waals surface area contributed by atoms with E-state index in [1.165, 1.54) is 11.8 Å². The van der Waals surface area contributed by atoms with Gasteiger partial charge in [0.05, 0.1) is 5.75 Å². The lowest BCUT2D eigenvalue weighted by atomic mass is 10.1. The number of aryl methyl sites for hydroxylation is 1. The highest BCUT2D eigenvalue weighted by molar-refractivity contribution is 8.04. The maximum atomic E-state index is 13.8. The van der Waals surface area contributed by atoms with Crippen LogP contribution in [-0.2, 0) is 0 Å². The lowest BCUT2D eigenvalue weighted by molar-refractivity contribution is 0.0967. The van der Waals surface area contributed by atoms with E-state index in [9.17, 15) is 9.59 Å². The first-order valence-corrected chi connectivity index (χ1v) is 16.3. The van der Waals surface area contributed by atoms with E-state index < -0.39 is 7.26 Å². The summed E-state index contributed by atoms with van der Waals surface area (Å²) in [5, 5.41) is 8.68. The summed E-state index contributed by atoms with van der Waals surface area (Å²) in [4.78, 5) is 26.8. The van der Waals surface area contributed by atoms with Crippen LogP contribution in [0.4, 0.5) is 0 Å². The first-order chi connectivity index (χ1) is 20.1. The molecule has 1 N–H and O–H groups in total. The Morgan fingerprint density at radius 1 is 0.610 bits per heavy atom. The molecule has 5 aromatic rings. The van der Waals surface area contributed by atoms with Crippen molar-refractivity contribution in [1.29, 1.82) is 0 Å². The summed E-state index contributed by atoms with van der Waals surface area (Å²) in [6.45, 7) is 2.00. The number of ketones is 1. The Morgan fingerprint density at radius 2 is 1.05 bits per heavy atom. The number of thioether (sulfide) groups is 1. The van der Waals surface area contributed by atoms with E-state index in [2.05, 4.69) is 41.7 Å². The lowest BCUT2D eigenvalue weighted by Crippen LogP contribution is -2.38. The zero-order valence-electron chi connectivity index (χ0n) is 22.8. The molecule has 0 fully saturated rings. The number of hydrogen-bond donors (Lipinski definition) is 1. The SMILES string of the molecule is Cc1ccc(C(=O)N/C(=C/SCC(=O)c2ccccc2)[P+](c2ccccc2)(c2ccccc2)c2ccccc2)cc1. The fourth-order valence-corrected chi connectivity index (χ4v) is 10.1. The average Bonchev–Trinajstić information content (AvgIpc) is 3.03. The molecule has 0 spiro atoms. The second kappa shape index (κ2) is 13.4. The van der Waals surface area contributed by atoms with Gasteiger partial charge in [-0.1, -0.05) is 103 Å². The monoisotopic (exact) mass is 572 g/mol. The van der Waals surface area contributed by atoms with Crippen molar-refractivity contribution in [2.75, 3.05) is 5.75 Å². The number of amides is 1. The topological polar surface area (TPSA) is 46.2 Å². The molecule has 202 valence electrons. The summed E-state index contributed by atoms with van der Waals surface area (Å²) >= 11 is 1.42. The molecule has 0 atom stereocenters. The molecule has 0 aliphatic carbocycles. The highest BCUT2D eigenvalue weighted by atomic mass is 32.2. The molecule has 0 saturated heterocycles. The van der Waals surface area contributed by atoms with Gasteiger partial charge in [0.15, 0.2) is 18.5 Å². The molecule has 0 bridgehead atoms. The quantitative estimate of drug-likeness (QED) is 0.143. The van der Waals surface area contributed by atoms with Gasteiger partial charge in [-0.05, 0) is 55.5 Å². The third-order valence-electron chi connectivity index (χ3n) is 6.85. The van der Waals surface area contributed by atoms with Crippen LogP contribution in [0.15, 0.2) is 156 Å². The fraction of sp³-hybridized carbons (Fsp3) is 0.0556. The minimum absolute atomic E-state index is 0.0409. The van der Waals surface area contributed by atoms with Crippen LogP contribution >= 0.6 is 19.0 Å². The van der Waals surface area contributed by atoms with Crippen LogP contribution in [0.5, 0.6) is 0 Å². The van der Waals surface area contributed by atoms with Crippen molar-refractivity contribution in [3.63, 3.8) is 0 Å². The van der Waals surface area contributed by atoms with E-state index >= 15 is 0 Å². The van der Waals surface area contributed by atoms with Crippen LogP contribution in [0, 0.1) is 6.92 Å². The molecule has 41 heavy (non-hydrogen) atoms.